The number of carbonyl (C=O) groups is 1. The highest BCUT2D eigenvalue weighted by molar-refractivity contribution is 7.78. The fourth-order valence-corrected chi connectivity index (χ4v) is 5.11. The second kappa shape index (κ2) is 12.6. The number of hydrogen-bond donors (Lipinski definition) is 2. The maximum absolute atomic E-state index is 14.9. The van der Waals surface area contributed by atoms with Gasteiger partial charge in [0.2, 0.25) is 0 Å². The molecule has 14 heteroatoms. The van der Waals surface area contributed by atoms with Gasteiger partial charge in [0.25, 0.3) is 0 Å². The highest BCUT2D eigenvalue weighted by Gasteiger charge is 2.37. The molecular formula is C26H30F5N4O4S+. The van der Waals surface area contributed by atoms with Gasteiger partial charge >= 0.3 is 12.2 Å². The molecule has 4 rings (SSSR count). The minimum Gasteiger partial charge on any atom is -0.450 e. The second-order valence-electron chi connectivity index (χ2n) is 9.62. The second-order valence-corrected chi connectivity index (χ2v) is 10.8. The molecule has 1 aliphatic rings. The number of fused-ring (bicyclic) bond motifs is 1. The molecule has 1 saturated heterocycles. The van der Waals surface area contributed by atoms with E-state index in [1.807, 2.05) is 20.1 Å². The molecule has 0 aliphatic carbocycles. The number of halogens is 5. The van der Waals surface area contributed by atoms with Gasteiger partial charge in [-0.15, -0.1) is 0 Å². The number of pyridine rings is 1. The van der Waals surface area contributed by atoms with E-state index >= 15 is 0 Å². The number of thiol groups is 1. The molecule has 3 heterocycles. The van der Waals surface area contributed by atoms with Crippen molar-refractivity contribution < 1.29 is 41.0 Å². The Labute approximate surface area is 231 Å². The summed E-state index contributed by atoms with van der Waals surface area (Å²) in [5, 5.41) is 4.67. The minimum atomic E-state index is -4.81. The van der Waals surface area contributed by atoms with Crippen molar-refractivity contribution in [3.8, 4) is 11.5 Å². The zero-order chi connectivity index (χ0) is 29.0. The summed E-state index contributed by atoms with van der Waals surface area (Å²) in [6.45, 7) is 5.00. The largest absolute Gasteiger partial charge is 0.450 e. The van der Waals surface area contributed by atoms with E-state index in [1.165, 1.54) is 10.8 Å². The normalized spacial score (nSPS) is 16.5. The summed E-state index contributed by atoms with van der Waals surface area (Å²) in [4.78, 5) is 16.2. The number of nitrogens with zero attached hydrogens (tertiary/aromatic N) is 2. The van der Waals surface area contributed by atoms with Gasteiger partial charge in [-0.25, -0.2) is 18.6 Å². The van der Waals surface area contributed by atoms with Gasteiger partial charge in [0.15, 0.2) is 17.4 Å². The fourth-order valence-electron chi connectivity index (χ4n) is 4.26. The standard InChI is InChI=1S/C26H29F5N4O4S/c1-14(2)21(40-3)12-38-13-35-10-17(26(29,30)31)22-20(4-6-32-24(22)35)39-23-18(27)8-16(9-19(23)28)34-25(36)33-15-5-7-37-11-15/h4,6,8-10,14-15,21H,5,7,11-13H2,1-3H3,(H2,33,34,36)/p+1/t15-,21-/m1/s1. The van der Waals surface area contributed by atoms with Gasteiger partial charge in [-0.3, -0.25) is 0 Å². The molecule has 1 fully saturated rings. The number of benzene rings is 1. The van der Waals surface area contributed by atoms with Crippen molar-refractivity contribution in [2.45, 2.75) is 44.5 Å². The lowest BCUT2D eigenvalue weighted by atomic mass is 10.1. The third kappa shape index (κ3) is 6.96. The third-order valence-corrected chi connectivity index (χ3v) is 7.79. The van der Waals surface area contributed by atoms with E-state index in [4.69, 9.17) is 14.2 Å². The lowest BCUT2D eigenvalue weighted by Gasteiger charge is -2.14. The van der Waals surface area contributed by atoms with Crippen LogP contribution in [-0.2, 0) is 34.1 Å². The topological polar surface area (TPSA) is 86.6 Å². The molecule has 2 amide bonds. The van der Waals surface area contributed by atoms with Gasteiger partial charge in [0.1, 0.15) is 23.4 Å². The number of carbonyl (C=O) groups excluding carboxylic acids is 1. The minimum absolute atomic E-state index is 0.119. The third-order valence-electron chi connectivity index (χ3n) is 6.38. The van der Waals surface area contributed by atoms with Gasteiger partial charge in [-0.05, 0) is 24.2 Å². The Balaban J connectivity index is 1.59. The summed E-state index contributed by atoms with van der Waals surface area (Å²) in [5.41, 5.74) is -1.41. The number of rotatable bonds is 10. The lowest BCUT2D eigenvalue weighted by molar-refractivity contribution is -0.136. The first-order chi connectivity index (χ1) is 19.0. The van der Waals surface area contributed by atoms with Crippen molar-refractivity contribution >= 4 is 34.5 Å². The van der Waals surface area contributed by atoms with Crippen LogP contribution >= 0.6 is 0 Å². The van der Waals surface area contributed by atoms with E-state index in [0.717, 1.165) is 36.2 Å². The van der Waals surface area contributed by atoms with Gasteiger partial charge in [-0.2, -0.15) is 13.2 Å². The molecule has 0 bridgehead atoms. The predicted octanol–water partition coefficient (Wildman–Crippen LogP) is 5.48. The summed E-state index contributed by atoms with van der Waals surface area (Å²) < 4.78 is 89.2. The molecular weight excluding hydrogens is 559 g/mol. The average Bonchev–Trinajstić information content (AvgIpc) is 3.52. The highest BCUT2D eigenvalue weighted by Crippen LogP contribution is 2.42. The first-order valence-electron chi connectivity index (χ1n) is 12.5. The van der Waals surface area contributed by atoms with E-state index < -0.39 is 46.3 Å². The summed E-state index contributed by atoms with van der Waals surface area (Å²) in [7, 11) is 0. The Morgan fingerprint density at radius 2 is 2.00 bits per heavy atom. The van der Waals surface area contributed by atoms with E-state index in [2.05, 4.69) is 15.6 Å². The molecule has 8 nitrogen and oxygen atoms in total. The molecule has 1 aromatic carbocycles. The number of amides is 2. The van der Waals surface area contributed by atoms with Crippen molar-refractivity contribution in [3.63, 3.8) is 0 Å². The van der Waals surface area contributed by atoms with E-state index in [0.29, 0.717) is 32.2 Å². The monoisotopic (exact) mass is 589 g/mol. The summed E-state index contributed by atoms with van der Waals surface area (Å²) in [5.74, 6) is -3.50. The summed E-state index contributed by atoms with van der Waals surface area (Å²) >= 11 is 1.09. The Bertz CT molecular complexity index is 1320. The number of hydrogen-bond acceptors (Lipinski definition) is 5. The van der Waals surface area contributed by atoms with Gasteiger partial charge in [-0.1, -0.05) is 13.8 Å². The zero-order valence-corrected chi connectivity index (χ0v) is 22.9. The predicted molar refractivity (Wildman–Crippen MR) is 142 cm³/mol. The maximum atomic E-state index is 14.9. The van der Waals surface area contributed by atoms with Crippen molar-refractivity contribution in [2.75, 3.05) is 31.4 Å². The van der Waals surface area contributed by atoms with Crippen LogP contribution in [-0.4, -0.2) is 53.0 Å². The number of alkyl halides is 3. The number of nitrogens with one attached hydrogen (secondary N) is 2. The lowest BCUT2D eigenvalue weighted by Crippen LogP contribution is -2.38. The molecule has 218 valence electrons. The molecule has 3 aromatic rings. The average molecular weight is 590 g/mol. The molecule has 0 radical (unpaired) electrons. The van der Waals surface area contributed by atoms with Gasteiger partial charge < -0.3 is 29.4 Å². The smallest absolute Gasteiger partial charge is 0.418 e. The van der Waals surface area contributed by atoms with Crippen LogP contribution in [0, 0.1) is 17.6 Å². The number of aromatic nitrogens is 2. The Morgan fingerprint density at radius 3 is 2.60 bits per heavy atom. The van der Waals surface area contributed by atoms with E-state index in [-0.39, 0.29) is 29.4 Å². The van der Waals surface area contributed by atoms with Gasteiger partial charge in [0, 0.05) is 42.7 Å². The van der Waals surface area contributed by atoms with E-state index in [1.54, 1.807) is 0 Å². The molecule has 0 unspecified atom stereocenters. The SMILES string of the molecule is C[SH+][C@H](COCn1cc(C(F)(F)F)c2c(Oc3c(F)cc(NC(=O)N[C@@H]4CCOC4)cc3F)ccnc21)C(C)C. The number of ether oxygens (including phenoxy) is 3. The van der Waals surface area contributed by atoms with Crippen molar-refractivity contribution in [3.05, 3.63) is 47.8 Å². The van der Waals surface area contributed by atoms with Crippen LogP contribution in [0.1, 0.15) is 25.8 Å². The Kier molecular flexibility index (Phi) is 9.41. The van der Waals surface area contributed by atoms with Crippen molar-refractivity contribution in [1.82, 2.24) is 14.9 Å². The van der Waals surface area contributed by atoms with Crippen LogP contribution in [0.2, 0.25) is 0 Å². The molecule has 0 saturated carbocycles. The molecule has 0 spiro atoms. The maximum Gasteiger partial charge on any atom is 0.418 e. The Morgan fingerprint density at radius 1 is 1.27 bits per heavy atom. The number of anilines is 1. The number of urea groups is 1. The van der Waals surface area contributed by atoms with Crippen molar-refractivity contribution in [2.24, 2.45) is 5.92 Å². The van der Waals surface area contributed by atoms with Crippen LogP contribution in [0.4, 0.5) is 32.4 Å². The first-order valence-corrected chi connectivity index (χ1v) is 13.9. The van der Waals surface area contributed by atoms with Crippen LogP contribution < -0.4 is 15.4 Å². The fraction of sp³-hybridized carbons (Fsp3) is 0.462. The summed E-state index contributed by atoms with van der Waals surface area (Å²) in [6, 6.07) is 1.80. The summed E-state index contributed by atoms with van der Waals surface area (Å²) in [6.07, 6.45) is -0.206. The Hall–Kier alpha value is -3.10. The molecule has 2 atom stereocenters. The van der Waals surface area contributed by atoms with Gasteiger partial charge in [0.05, 0.1) is 36.5 Å². The van der Waals surface area contributed by atoms with Crippen LogP contribution in [0.25, 0.3) is 11.0 Å². The highest BCUT2D eigenvalue weighted by atomic mass is 32.2. The molecule has 1 aliphatic heterocycles. The van der Waals surface area contributed by atoms with Crippen LogP contribution in [0.15, 0.2) is 30.6 Å². The van der Waals surface area contributed by atoms with Crippen LogP contribution in [0.5, 0.6) is 11.5 Å². The molecule has 40 heavy (non-hydrogen) atoms. The van der Waals surface area contributed by atoms with E-state index in [9.17, 15) is 26.7 Å². The van der Waals surface area contributed by atoms with Crippen LogP contribution in [0.3, 0.4) is 0 Å². The quantitative estimate of drug-likeness (QED) is 0.186. The van der Waals surface area contributed by atoms with Crippen molar-refractivity contribution in [1.29, 1.82) is 0 Å². The first kappa shape index (κ1) is 29.9. The molecule has 2 N–H and O–H groups in total. The molecule has 2 aromatic heterocycles. The zero-order valence-electron chi connectivity index (χ0n) is 22.0.